The van der Waals surface area contributed by atoms with Gasteiger partial charge in [-0.25, -0.2) is 0 Å². The Hall–Kier alpha value is -6.44. The number of nitrogens with zero attached hydrogens (tertiary/aromatic N) is 4. The Morgan fingerprint density at radius 1 is 0.500 bits per heavy atom. The normalized spacial score (nSPS) is 21.0. The molecule has 4 bridgehead atoms. The fraction of sp³-hybridized carbons (Fsp3) is 0.160. The van der Waals surface area contributed by atoms with Gasteiger partial charge in [-0.2, -0.15) is 5.26 Å². The van der Waals surface area contributed by atoms with Crippen LogP contribution in [0.3, 0.4) is 0 Å². The summed E-state index contributed by atoms with van der Waals surface area (Å²) in [7, 11) is 0. The van der Waals surface area contributed by atoms with Crippen LogP contribution in [0, 0.1) is 11.3 Å². The molecule has 6 aliphatic rings. The van der Waals surface area contributed by atoms with Crippen molar-refractivity contribution in [2.45, 2.75) is 49.4 Å². The van der Waals surface area contributed by atoms with Gasteiger partial charge in [-0.05, 0) is 88.7 Å². The monoisotopic (exact) mass is 686 g/mol. The fourth-order valence-electron chi connectivity index (χ4n) is 12.9. The van der Waals surface area contributed by atoms with E-state index in [0.717, 1.165) is 11.1 Å². The van der Waals surface area contributed by atoms with Crippen molar-refractivity contribution in [2.75, 3.05) is 0 Å². The lowest BCUT2D eigenvalue weighted by Gasteiger charge is -2.43. The predicted molar refractivity (Wildman–Crippen MR) is 217 cm³/mol. The Balaban J connectivity index is 1.24. The van der Waals surface area contributed by atoms with Crippen molar-refractivity contribution in [3.8, 4) is 6.07 Å². The molecular formula is C50H30N4. The van der Waals surface area contributed by atoms with Crippen LogP contribution in [-0.4, -0.2) is 13.8 Å². The smallest absolute Gasteiger partial charge is 0.0995 e. The standard InChI is InChI=1S/C50H30N4/c51-22-26-20-36-44(46-39(26)41-28-9-1-3-11-30(28)42(46)31-12-4-2-10-29(31)41)34-21-37-43(33-14-7-13-32-27-8-5-6-15-35(27)53(37)49(32)33)47-45-38(54(36)50(34)47)23-52-48-25-18-16-24(17-19-25)40(45)48/h1-15,20-21,23-25,41-42H,16-19H2. The lowest BCUT2D eigenvalue weighted by Crippen LogP contribution is -2.28. The Labute approximate surface area is 309 Å². The van der Waals surface area contributed by atoms with E-state index < -0.39 is 0 Å². The minimum Gasteiger partial charge on any atom is -0.308 e. The van der Waals surface area contributed by atoms with E-state index in [0.29, 0.717) is 11.8 Å². The summed E-state index contributed by atoms with van der Waals surface area (Å²) < 4.78 is 5.11. The molecule has 4 nitrogen and oxygen atoms in total. The SMILES string of the molecule is N#Cc1cc2c(c3c1C1c4ccccc4C3c3ccccc31)c1cc3c(c4cccc5c6ccccc6n3c54)c3c4c5c(ncc4n2c13)C1CCC5CC1. The van der Waals surface area contributed by atoms with Gasteiger partial charge in [0.15, 0.2) is 0 Å². The van der Waals surface area contributed by atoms with Crippen LogP contribution in [0.15, 0.2) is 109 Å². The second-order valence-corrected chi connectivity index (χ2v) is 16.7. The molecule has 6 aliphatic carbocycles. The summed E-state index contributed by atoms with van der Waals surface area (Å²) >= 11 is 0. The van der Waals surface area contributed by atoms with Gasteiger partial charge in [0, 0.05) is 66.5 Å². The van der Waals surface area contributed by atoms with Crippen LogP contribution >= 0.6 is 0 Å². The minimum absolute atomic E-state index is 0.0282. The van der Waals surface area contributed by atoms with Crippen LogP contribution in [0.25, 0.3) is 76.2 Å². The van der Waals surface area contributed by atoms with Crippen LogP contribution in [-0.2, 0) is 0 Å². The van der Waals surface area contributed by atoms with Crippen molar-refractivity contribution in [1.29, 1.82) is 5.26 Å². The van der Waals surface area contributed by atoms with E-state index in [-0.39, 0.29) is 11.8 Å². The zero-order chi connectivity index (χ0) is 34.7. The maximum absolute atomic E-state index is 11.1. The van der Waals surface area contributed by atoms with Crippen LogP contribution < -0.4 is 0 Å². The van der Waals surface area contributed by atoms with Crippen LogP contribution in [0.1, 0.15) is 99.6 Å². The minimum atomic E-state index is 0.0282. The highest BCUT2D eigenvalue weighted by atomic mass is 15.0. The molecule has 17 rings (SSSR count). The third kappa shape index (κ3) is 2.74. The fourth-order valence-corrected chi connectivity index (χ4v) is 12.9. The average molecular weight is 687 g/mol. The number of hydrogen-bond acceptors (Lipinski definition) is 2. The number of fused-ring (bicyclic) bond motifs is 15. The number of para-hydroxylation sites is 2. The zero-order valence-corrected chi connectivity index (χ0v) is 29.3. The highest BCUT2D eigenvalue weighted by molar-refractivity contribution is 6.38. The lowest BCUT2D eigenvalue weighted by atomic mass is 9.59. The molecule has 0 saturated heterocycles. The Morgan fingerprint density at radius 2 is 1.13 bits per heavy atom. The predicted octanol–water partition coefficient (Wildman–Crippen LogP) is 12.0. The summed E-state index contributed by atoms with van der Waals surface area (Å²) in [5, 5.41) is 21.8. The van der Waals surface area contributed by atoms with Gasteiger partial charge in [0.2, 0.25) is 0 Å². The first-order chi connectivity index (χ1) is 26.8. The molecule has 11 aromatic rings. The van der Waals surface area contributed by atoms with E-state index in [1.807, 2.05) is 0 Å². The van der Waals surface area contributed by atoms with Gasteiger partial charge in [-0.1, -0.05) is 84.9 Å². The molecule has 1 saturated carbocycles. The third-order valence-electron chi connectivity index (χ3n) is 14.7. The van der Waals surface area contributed by atoms with Crippen LogP contribution in [0.5, 0.6) is 0 Å². The molecular weight excluding hydrogens is 657 g/mol. The molecule has 0 spiro atoms. The molecule has 0 radical (unpaired) electrons. The first-order valence-electron chi connectivity index (χ1n) is 19.7. The second-order valence-electron chi connectivity index (χ2n) is 16.7. The van der Waals surface area contributed by atoms with Crippen LogP contribution in [0.4, 0.5) is 0 Å². The number of hydrogen-bond donors (Lipinski definition) is 0. The second kappa shape index (κ2) is 8.84. The Kier molecular flexibility index (Phi) is 4.45. The van der Waals surface area contributed by atoms with Gasteiger partial charge in [0.1, 0.15) is 0 Å². The maximum atomic E-state index is 11.1. The quantitative estimate of drug-likeness (QED) is 0.159. The number of pyridine rings is 1. The number of benzene rings is 6. The van der Waals surface area contributed by atoms with E-state index in [2.05, 4.69) is 124 Å². The highest BCUT2D eigenvalue weighted by Crippen LogP contribution is 2.61. The van der Waals surface area contributed by atoms with Gasteiger partial charge >= 0.3 is 0 Å². The van der Waals surface area contributed by atoms with Crippen LogP contribution in [0.2, 0.25) is 0 Å². The molecule has 0 N–H and O–H groups in total. The lowest BCUT2D eigenvalue weighted by molar-refractivity contribution is 0.353. The molecule has 250 valence electrons. The number of aromatic nitrogens is 3. The van der Waals surface area contributed by atoms with E-state index >= 15 is 0 Å². The van der Waals surface area contributed by atoms with Gasteiger partial charge < -0.3 is 8.80 Å². The van der Waals surface area contributed by atoms with E-state index in [1.165, 1.54) is 141 Å². The molecule has 0 amide bonds. The summed E-state index contributed by atoms with van der Waals surface area (Å²) in [6.07, 6.45) is 7.20. The van der Waals surface area contributed by atoms with Gasteiger partial charge in [-0.3, -0.25) is 4.98 Å². The summed E-state index contributed by atoms with van der Waals surface area (Å²) in [6.45, 7) is 0. The summed E-state index contributed by atoms with van der Waals surface area (Å²) in [5.74, 6) is 1.17. The van der Waals surface area contributed by atoms with Crippen molar-refractivity contribution in [3.05, 3.63) is 160 Å². The summed E-state index contributed by atoms with van der Waals surface area (Å²) in [6, 6.07) is 41.4. The summed E-state index contributed by atoms with van der Waals surface area (Å²) in [5.41, 5.74) is 19.1. The van der Waals surface area contributed by atoms with Crippen molar-refractivity contribution < 1.29 is 0 Å². The van der Waals surface area contributed by atoms with Crippen molar-refractivity contribution in [2.24, 2.45) is 0 Å². The molecule has 0 aliphatic heterocycles. The molecule has 6 aromatic carbocycles. The van der Waals surface area contributed by atoms with E-state index in [9.17, 15) is 5.26 Å². The Bertz CT molecular complexity index is 3550. The average Bonchev–Trinajstić information content (AvgIpc) is 3.96. The molecule has 0 atom stereocenters. The zero-order valence-electron chi connectivity index (χ0n) is 29.3. The van der Waals surface area contributed by atoms with Crippen molar-refractivity contribution >= 4 is 76.2 Å². The van der Waals surface area contributed by atoms with Crippen molar-refractivity contribution in [3.63, 3.8) is 0 Å². The molecule has 5 aromatic heterocycles. The van der Waals surface area contributed by atoms with E-state index in [4.69, 9.17) is 4.98 Å². The molecule has 1 fully saturated rings. The maximum Gasteiger partial charge on any atom is 0.0995 e. The molecule has 4 heteroatoms. The van der Waals surface area contributed by atoms with Crippen molar-refractivity contribution in [1.82, 2.24) is 13.8 Å². The highest BCUT2D eigenvalue weighted by Gasteiger charge is 2.45. The number of rotatable bonds is 0. The van der Waals surface area contributed by atoms with E-state index in [1.54, 1.807) is 0 Å². The Morgan fingerprint density at radius 3 is 1.89 bits per heavy atom. The molecule has 5 heterocycles. The molecule has 0 unspecified atom stereocenters. The summed E-state index contributed by atoms with van der Waals surface area (Å²) in [4.78, 5) is 5.37. The largest absolute Gasteiger partial charge is 0.308 e. The topological polar surface area (TPSA) is 45.5 Å². The van der Waals surface area contributed by atoms with Gasteiger partial charge in [0.05, 0.1) is 50.9 Å². The first kappa shape index (κ1) is 27.2. The van der Waals surface area contributed by atoms with Gasteiger partial charge in [0.25, 0.3) is 0 Å². The van der Waals surface area contributed by atoms with Gasteiger partial charge in [-0.15, -0.1) is 0 Å². The number of nitriles is 1. The third-order valence-corrected chi connectivity index (χ3v) is 14.7. The first-order valence-corrected chi connectivity index (χ1v) is 19.7. The molecule has 54 heavy (non-hydrogen) atoms.